The third-order valence-electron chi connectivity index (χ3n) is 4.18. The molecule has 2 atom stereocenters. The second-order valence-electron chi connectivity index (χ2n) is 6.93. The van der Waals surface area contributed by atoms with E-state index in [1.165, 1.54) is 5.56 Å². The minimum absolute atomic E-state index is 0.0769. The lowest BCUT2D eigenvalue weighted by molar-refractivity contribution is -0.122. The van der Waals surface area contributed by atoms with Crippen molar-refractivity contribution >= 4 is 11.9 Å². The Bertz CT molecular complexity index is 727. The van der Waals surface area contributed by atoms with Crippen LogP contribution in [0.4, 0.5) is 4.79 Å². The first-order chi connectivity index (χ1) is 12.4. The van der Waals surface area contributed by atoms with Crippen LogP contribution in [0, 0.1) is 5.92 Å². The van der Waals surface area contributed by atoms with Gasteiger partial charge in [0.1, 0.15) is 6.04 Å². The highest BCUT2D eigenvalue weighted by Gasteiger charge is 2.23. The van der Waals surface area contributed by atoms with E-state index in [9.17, 15) is 9.59 Å². The summed E-state index contributed by atoms with van der Waals surface area (Å²) in [5.41, 5.74) is 8.25. The Morgan fingerprint density at radius 2 is 1.54 bits per heavy atom. The first-order valence-corrected chi connectivity index (χ1v) is 8.87. The number of amides is 3. The number of hydrogen-bond acceptors (Lipinski definition) is 3. The summed E-state index contributed by atoms with van der Waals surface area (Å²) >= 11 is 0. The smallest absolute Gasteiger partial charge is 0.318 e. The van der Waals surface area contributed by atoms with Crippen LogP contribution in [0.1, 0.15) is 49.5 Å². The van der Waals surface area contributed by atoms with Gasteiger partial charge in [0.25, 0.3) is 0 Å². The summed E-state index contributed by atoms with van der Waals surface area (Å²) in [6.45, 7) is 6.38. The number of benzene rings is 2. The molecule has 2 aromatic carbocycles. The maximum Gasteiger partial charge on any atom is 0.318 e. The lowest BCUT2D eigenvalue weighted by Crippen LogP contribution is -2.43. The Balaban J connectivity index is 2.16. The average molecular weight is 353 g/mol. The van der Waals surface area contributed by atoms with Crippen LogP contribution in [0.15, 0.2) is 54.6 Å². The van der Waals surface area contributed by atoms with Crippen molar-refractivity contribution in [1.29, 1.82) is 0 Å². The Morgan fingerprint density at radius 1 is 0.923 bits per heavy atom. The summed E-state index contributed by atoms with van der Waals surface area (Å²) in [6, 6.07) is 16.1. The Morgan fingerprint density at radius 3 is 2.08 bits per heavy atom. The van der Waals surface area contributed by atoms with Gasteiger partial charge in [-0.2, -0.15) is 0 Å². The predicted octanol–water partition coefficient (Wildman–Crippen LogP) is 3.47. The average Bonchev–Trinajstić information content (AvgIpc) is 2.59. The fourth-order valence-corrected chi connectivity index (χ4v) is 2.92. The number of carbonyl (C=O) groups excluding carboxylic acids is 2. The second kappa shape index (κ2) is 9.15. The normalized spacial score (nSPS) is 13.2. The van der Waals surface area contributed by atoms with Gasteiger partial charge in [0.15, 0.2) is 0 Å². The van der Waals surface area contributed by atoms with Gasteiger partial charge >= 0.3 is 6.03 Å². The van der Waals surface area contributed by atoms with Crippen molar-refractivity contribution in [1.82, 2.24) is 10.6 Å². The molecule has 5 nitrogen and oxygen atoms in total. The van der Waals surface area contributed by atoms with Crippen LogP contribution in [-0.2, 0) is 11.2 Å². The van der Waals surface area contributed by atoms with Crippen molar-refractivity contribution in [3.63, 3.8) is 0 Å². The third-order valence-corrected chi connectivity index (χ3v) is 4.18. The van der Waals surface area contributed by atoms with Gasteiger partial charge in [-0.25, -0.2) is 4.79 Å². The molecule has 138 valence electrons. The highest BCUT2D eigenvalue weighted by atomic mass is 16.2. The number of hydrogen-bond donors (Lipinski definition) is 3. The van der Waals surface area contributed by atoms with Gasteiger partial charge < -0.3 is 5.73 Å². The van der Waals surface area contributed by atoms with E-state index in [-0.39, 0.29) is 6.04 Å². The molecule has 2 rings (SSSR count). The van der Waals surface area contributed by atoms with Crippen molar-refractivity contribution in [2.24, 2.45) is 11.7 Å². The number of nitrogens with two attached hydrogens (primary N) is 1. The van der Waals surface area contributed by atoms with Gasteiger partial charge in [0.2, 0.25) is 5.91 Å². The minimum atomic E-state index is -0.858. The number of imide groups is 1. The molecule has 26 heavy (non-hydrogen) atoms. The van der Waals surface area contributed by atoms with Crippen LogP contribution in [0.2, 0.25) is 0 Å². The van der Waals surface area contributed by atoms with E-state index < -0.39 is 18.0 Å². The van der Waals surface area contributed by atoms with Gasteiger partial charge in [0, 0.05) is 6.04 Å². The molecule has 0 spiro atoms. The molecular weight excluding hydrogens is 326 g/mol. The van der Waals surface area contributed by atoms with Crippen molar-refractivity contribution in [2.75, 3.05) is 0 Å². The number of primary amides is 1. The summed E-state index contributed by atoms with van der Waals surface area (Å²) in [7, 11) is 0. The van der Waals surface area contributed by atoms with Crippen LogP contribution in [0.25, 0.3) is 0 Å². The van der Waals surface area contributed by atoms with E-state index in [1.807, 2.05) is 37.3 Å². The third kappa shape index (κ3) is 5.70. The summed E-state index contributed by atoms with van der Waals surface area (Å²) < 4.78 is 0. The number of nitrogens with one attached hydrogen (secondary N) is 2. The summed E-state index contributed by atoms with van der Waals surface area (Å²) in [6.07, 6.45) is 1.04. The zero-order valence-electron chi connectivity index (χ0n) is 15.5. The van der Waals surface area contributed by atoms with Gasteiger partial charge in [-0.05, 0) is 36.0 Å². The molecule has 0 radical (unpaired) electrons. The molecule has 0 heterocycles. The fourth-order valence-electron chi connectivity index (χ4n) is 2.92. The van der Waals surface area contributed by atoms with Crippen LogP contribution >= 0.6 is 0 Å². The molecule has 0 aliphatic rings. The van der Waals surface area contributed by atoms with E-state index in [0.29, 0.717) is 5.92 Å². The zero-order valence-corrected chi connectivity index (χ0v) is 15.5. The van der Waals surface area contributed by atoms with Gasteiger partial charge in [-0.1, -0.05) is 68.4 Å². The molecule has 0 saturated heterocycles. The molecule has 0 bridgehead atoms. The van der Waals surface area contributed by atoms with Crippen LogP contribution in [0.3, 0.4) is 0 Å². The molecule has 4 N–H and O–H groups in total. The molecule has 2 aromatic rings. The first kappa shape index (κ1) is 19.7. The molecule has 0 unspecified atom stereocenters. The maximum atomic E-state index is 12.4. The van der Waals surface area contributed by atoms with E-state index in [1.54, 1.807) is 0 Å². The van der Waals surface area contributed by atoms with E-state index in [4.69, 9.17) is 5.73 Å². The van der Waals surface area contributed by atoms with Crippen LogP contribution < -0.4 is 16.4 Å². The molecule has 5 heteroatoms. The molecule has 0 aliphatic carbocycles. The van der Waals surface area contributed by atoms with E-state index in [2.05, 4.69) is 48.7 Å². The minimum Gasteiger partial charge on any atom is -0.351 e. The molecule has 0 aromatic heterocycles. The van der Waals surface area contributed by atoms with Crippen molar-refractivity contribution in [3.05, 3.63) is 71.3 Å². The van der Waals surface area contributed by atoms with Crippen molar-refractivity contribution < 1.29 is 9.59 Å². The highest BCUT2D eigenvalue weighted by Crippen LogP contribution is 2.21. The van der Waals surface area contributed by atoms with Crippen molar-refractivity contribution in [3.8, 4) is 0 Å². The van der Waals surface area contributed by atoms with Crippen molar-refractivity contribution in [2.45, 2.75) is 39.3 Å². The Kier molecular flexibility index (Phi) is 6.92. The standard InChI is InChI=1S/C21H27N3O2/c1-14(2)13-16-9-11-17(12-10-16)15(3)23-19(20(25)24-21(22)26)18-7-5-4-6-8-18/h4-12,14-15,19,23H,13H2,1-3H3,(H3,22,24,25,26)/t15-,19-/m1/s1. The number of urea groups is 1. The Hall–Kier alpha value is -2.66. The van der Waals surface area contributed by atoms with Crippen LogP contribution in [0.5, 0.6) is 0 Å². The highest BCUT2D eigenvalue weighted by molar-refractivity contribution is 5.96. The zero-order chi connectivity index (χ0) is 19.1. The van der Waals surface area contributed by atoms with Gasteiger partial charge in [-0.15, -0.1) is 0 Å². The fraction of sp³-hybridized carbons (Fsp3) is 0.333. The lowest BCUT2D eigenvalue weighted by Gasteiger charge is -2.23. The molecule has 3 amide bonds. The Labute approximate surface area is 155 Å². The summed E-state index contributed by atoms with van der Waals surface area (Å²) in [5, 5.41) is 5.46. The molecule has 0 fully saturated rings. The second-order valence-corrected chi connectivity index (χ2v) is 6.93. The summed E-state index contributed by atoms with van der Waals surface area (Å²) in [4.78, 5) is 23.5. The van der Waals surface area contributed by atoms with Crippen LogP contribution in [-0.4, -0.2) is 11.9 Å². The number of carbonyl (C=O) groups is 2. The molecule has 0 aliphatic heterocycles. The largest absolute Gasteiger partial charge is 0.351 e. The first-order valence-electron chi connectivity index (χ1n) is 8.87. The van der Waals surface area contributed by atoms with Gasteiger partial charge in [-0.3, -0.25) is 15.4 Å². The van der Waals surface area contributed by atoms with E-state index >= 15 is 0 Å². The monoisotopic (exact) mass is 353 g/mol. The quantitative estimate of drug-likeness (QED) is 0.712. The maximum absolute atomic E-state index is 12.4. The van der Waals surface area contributed by atoms with Gasteiger partial charge in [0.05, 0.1) is 0 Å². The molecule has 0 saturated carbocycles. The topological polar surface area (TPSA) is 84.2 Å². The lowest BCUT2D eigenvalue weighted by atomic mass is 9.98. The predicted molar refractivity (Wildman–Crippen MR) is 103 cm³/mol. The SMILES string of the molecule is CC(C)Cc1ccc([C@@H](C)N[C@@H](C(=O)NC(N)=O)c2ccccc2)cc1. The summed E-state index contributed by atoms with van der Waals surface area (Å²) in [5.74, 6) is 0.142. The molecular formula is C21H27N3O2. The van der Waals surface area contributed by atoms with E-state index in [0.717, 1.165) is 17.5 Å². The number of rotatable bonds is 7.